The summed E-state index contributed by atoms with van der Waals surface area (Å²) < 4.78 is 0.711. The molecule has 0 aliphatic carbocycles. The van der Waals surface area contributed by atoms with Crippen molar-refractivity contribution in [1.29, 1.82) is 0 Å². The number of hydrogen-bond donors (Lipinski definition) is 2. The van der Waals surface area contributed by atoms with Gasteiger partial charge < -0.3 is 5.32 Å². The van der Waals surface area contributed by atoms with Crippen LogP contribution in [0, 0.1) is 0 Å². The molecule has 88 valence electrons. The summed E-state index contributed by atoms with van der Waals surface area (Å²) in [6, 6.07) is 5.48. The molecule has 0 aromatic carbocycles. The molecule has 2 heterocycles. The summed E-state index contributed by atoms with van der Waals surface area (Å²) in [6.45, 7) is 0.439. The van der Waals surface area contributed by atoms with Gasteiger partial charge in [-0.1, -0.05) is 11.6 Å². The van der Waals surface area contributed by atoms with Crippen LogP contribution in [0.15, 0.2) is 30.5 Å². The minimum Gasteiger partial charge on any atom is -0.347 e. The Balaban J connectivity index is 1.83. The highest BCUT2D eigenvalue weighted by Crippen LogP contribution is 2.22. The van der Waals surface area contributed by atoms with E-state index in [1.165, 1.54) is 17.4 Å². The molecule has 2 rings (SSSR count). The molecule has 0 atom stereocenters. The molecular weight excluding hydrogens is 258 g/mol. The van der Waals surface area contributed by atoms with E-state index >= 15 is 0 Å². The van der Waals surface area contributed by atoms with E-state index in [0.717, 1.165) is 10.6 Å². The molecule has 6 heteroatoms. The van der Waals surface area contributed by atoms with Gasteiger partial charge in [-0.3, -0.25) is 9.89 Å². The molecule has 0 saturated carbocycles. The van der Waals surface area contributed by atoms with Gasteiger partial charge in [-0.15, -0.1) is 11.3 Å². The first kappa shape index (κ1) is 11.9. The first-order valence-corrected chi connectivity index (χ1v) is 6.13. The van der Waals surface area contributed by atoms with E-state index in [0.29, 0.717) is 10.9 Å². The number of aromatic amines is 1. The molecule has 1 amide bonds. The van der Waals surface area contributed by atoms with Crippen molar-refractivity contribution in [2.75, 3.05) is 0 Å². The number of carbonyl (C=O) groups is 1. The van der Waals surface area contributed by atoms with E-state index in [1.54, 1.807) is 18.3 Å². The standard InChI is InChI=1S/C11H10ClN3OS/c12-10-3-1-9(17-10)2-4-11(16)13-7-8-5-6-14-15-8/h1-6H,7H2,(H,13,16)(H,14,15)/b4-2+. The van der Waals surface area contributed by atoms with E-state index in [1.807, 2.05) is 12.1 Å². The van der Waals surface area contributed by atoms with Gasteiger partial charge in [0.05, 0.1) is 16.6 Å². The number of nitrogens with zero attached hydrogens (tertiary/aromatic N) is 1. The van der Waals surface area contributed by atoms with Crippen LogP contribution in [0.3, 0.4) is 0 Å². The third kappa shape index (κ3) is 3.72. The Hall–Kier alpha value is -1.59. The zero-order valence-corrected chi connectivity index (χ0v) is 10.4. The number of thiophene rings is 1. The normalized spacial score (nSPS) is 10.9. The molecule has 0 spiro atoms. The lowest BCUT2D eigenvalue weighted by atomic mass is 10.4. The van der Waals surface area contributed by atoms with Crippen LogP contribution in [-0.2, 0) is 11.3 Å². The van der Waals surface area contributed by atoms with Gasteiger partial charge in [0.2, 0.25) is 5.91 Å². The molecule has 2 aromatic heterocycles. The lowest BCUT2D eigenvalue weighted by molar-refractivity contribution is -0.116. The second-order valence-electron chi connectivity index (χ2n) is 3.27. The van der Waals surface area contributed by atoms with Crippen molar-refractivity contribution in [1.82, 2.24) is 15.5 Å². The van der Waals surface area contributed by atoms with Crippen molar-refractivity contribution in [3.63, 3.8) is 0 Å². The molecule has 0 fully saturated rings. The van der Waals surface area contributed by atoms with Crippen LogP contribution < -0.4 is 5.32 Å². The first-order chi connectivity index (χ1) is 8.24. The minimum atomic E-state index is -0.149. The summed E-state index contributed by atoms with van der Waals surface area (Å²) in [7, 11) is 0. The van der Waals surface area contributed by atoms with Crippen LogP contribution >= 0.6 is 22.9 Å². The smallest absolute Gasteiger partial charge is 0.244 e. The van der Waals surface area contributed by atoms with Crippen LogP contribution in [0.25, 0.3) is 6.08 Å². The van der Waals surface area contributed by atoms with Crippen molar-refractivity contribution in [2.45, 2.75) is 6.54 Å². The fourth-order valence-electron chi connectivity index (χ4n) is 1.20. The average molecular weight is 268 g/mol. The monoisotopic (exact) mass is 267 g/mol. The highest BCUT2D eigenvalue weighted by Gasteiger charge is 1.98. The summed E-state index contributed by atoms with van der Waals surface area (Å²) in [5, 5.41) is 9.29. The maximum absolute atomic E-state index is 11.5. The zero-order chi connectivity index (χ0) is 12.1. The summed E-state index contributed by atoms with van der Waals surface area (Å²) in [6.07, 6.45) is 4.86. The van der Waals surface area contributed by atoms with Gasteiger partial charge >= 0.3 is 0 Å². The fourth-order valence-corrected chi connectivity index (χ4v) is 2.16. The van der Waals surface area contributed by atoms with E-state index in [-0.39, 0.29) is 5.91 Å². The molecule has 4 nitrogen and oxygen atoms in total. The van der Waals surface area contributed by atoms with E-state index in [4.69, 9.17) is 11.6 Å². The van der Waals surface area contributed by atoms with Crippen LogP contribution in [0.4, 0.5) is 0 Å². The molecule has 17 heavy (non-hydrogen) atoms. The molecule has 0 aliphatic heterocycles. The van der Waals surface area contributed by atoms with Gasteiger partial charge in [0.25, 0.3) is 0 Å². The number of halogens is 1. The highest BCUT2D eigenvalue weighted by molar-refractivity contribution is 7.17. The van der Waals surface area contributed by atoms with Crippen molar-refractivity contribution in [3.8, 4) is 0 Å². The van der Waals surface area contributed by atoms with Crippen LogP contribution in [0.5, 0.6) is 0 Å². The summed E-state index contributed by atoms with van der Waals surface area (Å²) in [4.78, 5) is 12.4. The van der Waals surface area contributed by atoms with Crippen LogP contribution in [-0.4, -0.2) is 16.1 Å². The zero-order valence-electron chi connectivity index (χ0n) is 8.81. The Labute approximate surface area is 107 Å². The third-order valence-electron chi connectivity index (χ3n) is 2.00. The molecule has 0 radical (unpaired) electrons. The first-order valence-electron chi connectivity index (χ1n) is 4.93. The fraction of sp³-hybridized carbons (Fsp3) is 0.0909. The highest BCUT2D eigenvalue weighted by atomic mass is 35.5. The molecule has 0 bridgehead atoms. The predicted molar refractivity (Wildman–Crippen MR) is 68.8 cm³/mol. The van der Waals surface area contributed by atoms with Crippen molar-refractivity contribution < 1.29 is 4.79 Å². The van der Waals surface area contributed by atoms with Crippen LogP contribution in [0.2, 0.25) is 4.34 Å². The van der Waals surface area contributed by atoms with Crippen molar-refractivity contribution >= 4 is 34.9 Å². The minimum absolute atomic E-state index is 0.149. The molecule has 2 N–H and O–H groups in total. The summed E-state index contributed by atoms with van der Waals surface area (Å²) in [5.41, 5.74) is 0.867. The van der Waals surface area contributed by atoms with Gasteiger partial charge in [-0.2, -0.15) is 5.10 Å². The Bertz CT molecular complexity index is 519. The molecule has 2 aromatic rings. The number of nitrogens with one attached hydrogen (secondary N) is 2. The van der Waals surface area contributed by atoms with E-state index in [2.05, 4.69) is 15.5 Å². The Morgan fingerprint density at radius 1 is 1.53 bits per heavy atom. The Kier molecular flexibility index (Phi) is 3.95. The van der Waals surface area contributed by atoms with Gasteiger partial charge in [0, 0.05) is 17.2 Å². The lowest BCUT2D eigenvalue weighted by Gasteiger charge is -1.98. The second-order valence-corrected chi connectivity index (χ2v) is 5.02. The van der Waals surface area contributed by atoms with Gasteiger partial charge in [0.1, 0.15) is 0 Å². The summed E-state index contributed by atoms with van der Waals surface area (Å²) >= 11 is 7.21. The quantitative estimate of drug-likeness (QED) is 0.836. The van der Waals surface area contributed by atoms with Gasteiger partial charge in [0.15, 0.2) is 0 Å². The van der Waals surface area contributed by atoms with Gasteiger partial charge in [-0.25, -0.2) is 0 Å². The van der Waals surface area contributed by atoms with Crippen molar-refractivity contribution in [3.05, 3.63) is 45.4 Å². The third-order valence-corrected chi connectivity index (χ3v) is 3.20. The van der Waals surface area contributed by atoms with E-state index < -0.39 is 0 Å². The average Bonchev–Trinajstić information content (AvgIpc) is 2.95. The molecule has 0 saturated heterocycles. The van der Waals surface area contributed by atoms with Gasteiger partial charge in [-0.05, 0) is 24.3 Å². The Morgan fingerprint density at radius 2 is 2.41 bits per heavy atom. The summed E-state index contributed by atoms with van der Waals surface area (Å²) in [5.74, 6) is -0.149. The topological polar surface area (TPSA) is 57.8 Å². The largest absolute Gasteiger partial charge is 0.347 e. The number of amides is 1. The maximum Gasteiger partial charge on any atom is 0.244 e. The SMILES string of the molecule is O=C(/C=C/c1ccc(Cl)s1)NCc1ccn[nH]1. The molecular formula is C11H10ClN3OS. The van der Waals surface area contributed by atoms with Crippen LogP contribution in [0.1, 0.15) is 10.6 Å². The number of H-pyrrole nitrogens is 1. The second kappa shape index (κ2) is 5.65. The number of hydrogen-bond acceptors (Lipinski definition) is 3. The Morgan fingerprint density at radius 3 is 3.06 bits per heavy atom. The molecule has 0 unspecified atom stereocenters. The predicted octanol–water partition coefficient (Wildman–Crippen LogP) is 2.45. The number of carbonyl (C=O) groups excluding carboxylic acids is 1. The lowest BCUT2D eigenvalue weighted by Crippen LogP contribution is -2.20. The maximum atomic E-state index is 11.5. The number of rotatable bonds is 4. The molecule has 0 aliphatic rings. The van der Waals surface area contributed by atoms with Crippen molar-refractivity contribution in [2.24, 2.45) is 0 Å². The van der Waals surface area contributed by atoms with E-state index in [9.17, 15) is 4.79 Å². The number of aromatic nitrogens is 2.